The number of ether oxygens (including phenoxy) is 2. The molecule has 1 unspecified atom stereocenters. The van der Waals surface area contributed by atoms with Crippen LogP contribution in [-0.2, 0) is 15.5 Å². The van der Waals surface area contributed by atoms with Crippen molar-refractivity contribution < 1.29 is 18.3 Å². The maximum Gasteiger partial charge on any atom is 0.192 e. The van der Waals surface area contributed by atoms with Gasteiger partial charge in [0.2, 0.25) is 0 Å². The molecule has 0 saturated heterocycles. The predicted octanol–water partition coefficient (Wildman–Crippen LogP) is 8.75. The van der Waals surface area contributed by atoms with Gasteiger partial charge in [0.1, 0.15) is 6.61 Å². The second-order valence-electron chi connectivity index (χ2n) is 12.4. The van der Waals surface area contributed by atoms with E-state index in [4.69, 9.17) is 18.3 Å². The molecule has 0 bridgehead atoms. The molecule has 0 aliphatic rings. The fraction of sp³-hybridized carbons (Fsp3) is 0.586. The Bertz CT molecular complexity index is 928. The van der Waals surface area contributed by atoms with Crippen molar-refractivity contribution in [3.05, 3.63) is 59.7 Å². The van der Waals surface area contributed by atoms with Crippen molar-refractivity contribution in [1.29, 1.82) is 0 Å². The highest BCUT2D eigenvalue weighted by atomic mass is 28.4. The lowest BCUT2D eigenvalue weighted by molar-refractivity contribution is 0.142. The lowest BCUT2D eigenvalue weighted by Gasteiger charge is -2.40. The van der Waals surface area contributed by atoms with Gasteiger partial charge in [0.15, 0.2) is 28.1 Å². The molecule has 196 valence electrons. The zero-order valence-corrected chi connectivity index (χ0v) is 26.0. The van der Waals surface area contributed by atoms with Crippen molar-refractivity contribution in [2.45, 2.75) is 96.9 Å². The summed E-state index contributed by atoms with van der Waals surface area (Å²) in [7, 11) is -2.13. The van der Waals surface area contributed by atoms with E-state index < -0.39 is 16.6 Å². The quantitative estimate of drug-likeness (QED) is 0.280. The first-order chi connectivity index (χ1) is 16.1. The summed E-state index contributed by atoms with van der Waals surface area (Å²) in [6.45, 7) is 24.1. The van der Waals surface area contributed by atoms with E-state index in [1.165, 1.54) is 0 Å². The maximum absolute atomic E-state index is 6.94. The van der Waals surface area contributed by atoms with Crippen LogP contribution >= 0.6 is 0 Å². The molecule has 0 aromatic heterocycles. The average molecular weight is 517 g/mol. The highest BCUT2D eigenvalue weighted by Gasteiger charge is 2.40. The molecule has 35 heavy (non-hydrogen) atoms. The van der Waals surface area contributed by atoms with Gasteiger partial charge in [0.05, 0.1) is 13.2 Å². The summed E-state index contributed by atoms with van der Waals surface area (Å²) in [4.78, 5) is 0. The molecular formula is C29H48O4Si2. The third-order valence-electron chi connectivity index (χ3n) is 7.69. The molecule has 6 heteroatoms. The lowest BCUT2D eigenvalue weighted by atomic mass is 10.1. The molecule has 0 aliphatic heterocycles. The fourth-order valence-corrected chi connectivity index (χ4v) is 5.58. The number of hydrogen-bond donors (Lipinski definition) is 0. The second-order valence-corrected chi connectivity index (χ2v) is 22.0. The summed E-state index contributed by atoms with van der Waals surface area (Å²) in [5.41, 5.74) is 2.23. The van der Waals surface area contributed by atoms with Crippen molar-refractivity contribution in [3.8, 4) is 11.5 Å². The molecule has 0 radical (unpaired) electrons. The number of rotatable bonds is 11. The predicted molar refractivity (Wildman–Crippen MR) is 153 cm³/mol. The Balaban J connectivity index is 2.26. The minimum Gasteiger partial charge on any atom is -0.493 e. The first-order valence-corrected chi connectivity index (χ1v) is 18.6. The van der Waals surface area contributed by atoms with E-state index in [0.29, 0.717) is 13.2 Å². The van der Waals surface area contributed by atoms with Crippen LogP contribution in [0.4, 0.5) is 0 Å². The molecule has 0 spiro atoms. The van der Waals surface area contributed by atoms with Crippen LogP contribution in [0.1, 0.15) is 65.2 Å². The lowest BCUT2D eigenvalue weighted by Crippen LogP contribution is -2.43. The first kappa shape index (κ1) is 29.6. The van der Waals surface area contributed by atoms with Crippen LogP contribution in [0.15, 0.2) is 48.5 Å². The van der Waals surface area contributed by atoms with Gasteiger partial charge in [0, 0.05) is 6.61 Å². The molecule has 0 fully saturated rings. The Morgan fingerprint density at radius 1 is 0.771 bits per heavy atom. The second kappa shape index (κ2) is 11.6. The Hall–Kier alpha value is -1.61. The third-order valence-corrected chi connectivity index (χ3v) is 16.7. The summed E-state index contributed by atoms with van der Waals surface area (Å²) < 4.78 is 25.3. The summed E-state index contributed by atoms with van der Waals surface area (Å²) in [6.07, 6.45) is 0.754. The smallest absolute Gasteiger partial charge is 0.192 e. The molecule has 0 N–H and O–H groups in total. The van der Waals surface area contributed by atoms with Crippen LogP contribution in [0.3, 0.4) is 0 Å². The molecule has 2 aromatic carbocycles. The Morgan fingerprint density at radius 2 is 1.37 bits per heavy atom. The van der Waals surface area contributed by atoms with Gasteiger partial charge in [-0.2, -0.15) is 0 Å². The van der Waals surface area contributed by atoms with Gasteiger partial charge in [-0.15, -0.1) is 0 Å². The summed E-state index contributed by atoms with van der Waals surface area (Å²) in [5.74, 6) is 1.47. The van der Waals surface area contributed by atoms with Crippen molar-refractivity contribution >= 4 is 16.6 Å². The minimum absolute atomic E-state index is 0.0577. The van der Waals surface area contributed by atoms with Crippen molar-refractivity contribution in [3.63, 3.8) is 0 Å². The van der Waals surface area contributed by atoms with E-state index in [0.717, 1.165) is 29.0 Å². The SMILES string of the molecule is COc1cc(C(CCO[Si](C)(C)C(C)(C)C)O[Si](C)(C)C(C)(C)C)ccc1OCc1ccccc1. The highest BCUT2D eigenvalue weighted by Crippen LogP contribution is 2.42. The molecule has 0 heterocycles. The van der Waals surface area contributed by atoms with E-state index in [2.05, 4.69) is 92.0 Å². The van der Waals surface area contributed by atoms with Gasteiger partial charge in [-0.3, -0.25) is 0 Å². The van der Waals surface area contributed by atoms with Gasteiger partial charge in [-0.25, -0.2) is 0 Å². The van der Waals surface area contributed by atoms with Crippen LogP contribution in [0, 0.1) is 0 Å². The summed E-state index contributed by atoms with van der Waals surface area (Å²) >= 11 is 0. The summed E-state index contributed by atoms with van der Waals surface area (Å²) in [6, 6.07) is 16.4. The van der Waals surface area contributed by atoms with Gasteiger partial charge in [-0.05, 0) is 65.9 Å². The van der Waals surface area contributed by atoms with Crippen molar-refractivity contribution in [2.75, 3.05) is 13.7 Å². The molecule has 2 rings (SSSR count). The molecule has 0 aliphatic carbocycles. The summed E-state index contributed by atoms with van der Waals surface area (Å²) in [5, 5.41) is 0.304. The van der Waals surface area contributed by atoms with E-state index in [1.807, 2.05) is 24.3 Å². The van der Waals surface area contributed by atoms with Gasteiger partial charge in [0.25, 0.3) is 0 Å². The van der Waals surface area contributed by atoms with Gasteiger partial charge >= 0.3 is 0 Å². The Labute approximate surface area is 216 Å². The van der Waals surface area contributed by atoms with E-state index in [9.17, 15) is 0 Å². The molecule has 2 aromatic rings. The Morgan fingerprint density at radius 3 is 1.91 bits per heavy atom. The van der Waals surface area contributed by atoms with Crippen molar-refractivity contribution in [1.82, 2.24) is 0 Å². The fourth-order valence-electron chi connectivity index (χ4n) is 3.20. The molecule has 0 amide bonds. The van der Waals surface area contributed by atoms with Crippen LogP contribution in [-0.4, -0.2) is 30.4 Å². The van der Waals surface area contributed by atoms with Crippen LogP contribution in [0.2, 0.25) is 36.3 Å². The maximum atomic E-state index is 6.94. The number of benzene rings is 2. The van der Waals surface area contributed by atoms with E-state index in [1.54, 1.807) is 7.11 Å². The minimum atomic E-state index is -2.00. The number of hydrogen-bond acceptors (Lipinski definition) is 4. The standard InChI is InChI=1S/C29H48O4Si2/c1-28(2,3)34(8,9)32-20-19-25(33-35(10,11)29(4,5)6)24-17-18-26(27(21-24)30-7)31-22-23-15-13-12-14-16-23/h12-18,21,25H,19-20,22H2,1-11H3. The van der Waals surface area contributed by atoms with Crippen molar-refractivity contribution in [2.24, 2.45) is 0 Å². The molecule has 1 atom stereocenters. The van der Waals surface area contributed by atoms with E-state index in [-0.39, 0.29) is 16.2 Å². The highest BCUT2D eigenvalue weighted by molar-refractivity contribution is 6.74. The zero-order chi connectivity index (χ0) is 26.5. The monoisotopic (exact) mass is 516 g/mol. The van der Waals surface area contributed by atoms with Crippen LogP contribution in [0.5, 0.6) is 11.5 Å². The number of methoxy groups -OCH3 is 1. The van der Waals surface area contributed by atoms with Gasteiger partial charge in [-0.1, -0.05) is 77.9 Å². The van der Waals surface area contributed by atoms with Crippen LogP contribution < -0.4 is 9.47 Å². The van der Waals surface area contributed by atoms with Crippen LogP contribution in [0.25, 0.3) is 0 Å². The van der Waals surface area contributed by atoms with Gasteiger partial charge < -0.3 is 18.3 Å². The molecule has 4 nitrogen and oxygen atoms in total. The third kappa shape index (κ3) is 8.20. The zero-order valence-electron chi connectivity index (χ0n) is 24.0. The largest absolute Gasteiger partial charge is 0.493 e. The first-order valence-electron chi connectivity index (χ1n) is 12.7. The normalized spacial score (nSPS) is 14.0. The molecule has 0 saturated carbocycles. The van der Waals surface area contributed by atoms with E-state index >= 15 is 0 Å². The molecular weight excluding hydrogens is 468 g/mol. The topological polar surface area (TPSA) is 36.9 Å². The Kier molecular flexibility index (Phi) is 9.84. The average Bonchev–Trinajstić information content (AvgIpc) is 2.76.